The Morgan fingerprint density at radius 3 is 2.62 bits per heavy atom. The molecule has 0 aliphatic carbocycles. The lowest BCUT2D eigenvalue weighted by molar-refractivity contribution is 0.0627. The number of nitrogens with zero attached hydrogens (tertiary/aromatic N) is 3. The van der Waals surface area contributed by atoms with Gasteiger partial charge in [0.1, 0.15) is 0 Å². The van der Waals surface area contributed by atoms with Gasteiger partial charge in [0.15, 0.2) is 0 Å². The van der Waals surface area contributed by atoms with E-state index in [-0.39, 0.29) is 18.3 Å². The second-order valence-electron chi connectivity index (χ2n) is 6.79. The van der Waals surface area contributed by atoms with Crippen LogP contribution in [0.2, 0.25) is 0 Å². The fourth-order valence-corrected chi connectivity index (χ4v) is 3.74. The SMILES string of the molecule is Cl.O=C(c1cccc2c1CCCN2)N1CCN(Cc2ccncc2)CC1. The number of fused-ring (bicyclic) bond motifs is 1. The number of benzene rings is 1. The van der Waals surface area contributed by atoms with Gasteiger partial charge in [0.25, 0.3) is 5.91 Å². The lowest BCUT2D eigenvalue weighted by Crippen LogP contribution is -2.48. The first-order chi connectivity index (χ1) is 12.3. The van der Waals surface area contributed by atoms with Crippen LogP contribution < -0.4 is 5.32 Å². The van der Waals surface area contributed by atoms with Gasteiger partial charge in [0.2, 0.25) is 0 Å². The first kappa shape index (κ1) is 18.7. The van der Waals surface area contributed by atoms with Gasteiger partial charge in [-0.3, -0.25) is 14.7 Å². The van der Waals surface area contributed by atoms with Crippen LogP contribution in [0.1, 0.15) is 27.9 Å². The zero-order valence-electron chi connectivity index (χ0n) is 14.9. The standard InChI is InChI=1S/C20H24N4O.ClH/c25-20(18-3-1-5-19-17(18)4-2-8-22-19)24-13-11-23(12-14-24)15-16-6-9-21-10-7-16;/h1,3,5-7,9-10,22H,2,4,8,11-15H2;1H. The van der Waals surface area contributed by atoms with Gasteiger partial charge in [-0.15, -0.1) is 12.4 Å². The third-order valence-corrected chi connectivity index (χ3v) is 5.14. The Hall–Kier alpha value is -2.11. The quantitative estimate of drug-likeness (QED) is 0.900. The molecule has 1 amide bonds. The topological polar surface area (TPSA) is 48.5 Å². The monoisotopic (exact) mass is 372 g/mol. The van der Waals surface area contributed by atoms with Crippen LogP contribution in [0.5, 0.6) is 0 Å². The maximum absolute atomic E-state index is 13.0. The minimum atomic E-state index is 0. The van der Waals surface area contributed by atoms with E-state index in [0.717, 1.165) is 63.4 Å². The zero-order valence-corrected chi connectivity index (χ0v) is 15.7. The van der Waals surface area contributed by atoms with Crippen molar-refractivity contribution in [3.8, 4) is 0 Å². The summed E-state index contributed by atoms with van der Waals surface area (Å²) in [5.74, 6) is 0.184. The predicted octanol–water partition coefficient (Wildman–Crippen LogP) is 2.82. The summed E-state index contributed by atoms with van der Waals surface area (Å²) in [5.41, 5.74) is 4.48. The number of amides is 1. The van der Waals surface area contributed by atoms with Crippen LogP contribution in [-0.2, 0) is 13.0 Å². The van der Waals surface area contributed by atoms with Gasteiger partial charge in [-0.25, -0.2) is 0 Å². The molecule has 138 valence electrons. The molecule has 26 heavy (non-hydrogen) atoms. The van der Waals surface area contributed by atoms with Gasteiger partial charge >= 0.3 is 0 Å². The van der Waals surface area contributed by atoms with Crippen LogP contribution >= 0.6 is 12.4 Å². The Morgan fingerprint density at radius 2 is 1.85 bits per heavy atom. The number of hydrogen-bond acceptors (Lipinski definition) is 4. The van der Waals surface area contributed by atoms with Crippen LogP contribution in [0.15, 0.2) is 42.7 Å². The number of pyridine rings is 1. The second kappa shape index (κ2) is 8.52. The summed E-state index contributed by atoms with van der Waals surface area (Å²) in [6.45, 7) is 5.35. The molecular weight excluding hydrogens is 348 g/mol. The van der Waals surface area contributed by atoms with Crippen LogP contribution in [0.4, 0.5) is 5.69 Å². The average molecular weight is 373 g/mol. The van der Waals surface area contributed by atoms with Crippen LogP contribution in [0.25, 0.3) is 0 Å². The predicted molar refractivity (Wildman–Crippen MR) is 106 cm³/mol. The molecule has 6 heteroatoms. The molecule has 0 radical (unpaired) electrons. The molecule has 0 saturated carbocycles. The van der Waals surface area contributed by atoms with E-state index in [1.54, 1.807) is 0 Å². The third kappa shape index (κ3) is 4.00. The molecular formula is C20H25ClN4O. The number of anilines is 1. The summed E-state index contributed by atoms with van der Waals surface area (Å²) < 4.78 is 0. The van der Waals surface area contributed by atoms with Crippen molar-refractivity contribution in [1.29, 1.82) is 0 Å². The highest BCUT2D eigenvalue weighted by molar-refractivity contribution is 5.97. The number of hydrogen-bond donors (Lipinski definition) is 1. The molecule has 1 N–H and O–H groups in total. The van der Waals surface area contributed by atoms with Crippen molar-refractivity contribution >= 4 is 24.0 Å². The number of carbonyl (C=O) groups is 1. The first-order valence-electron chi connectivity index (χ1n) is 9.07. The van der Waals surface area contributed by atoms with Crippen molar-refractivity contribution in [3.05, 3.63) is 59.4 Å². The van der Waals surface area contributed by atoms with E-state index in [0.29, 0.717) is 0 Å². The van der Waals surface area contributed by atoms with Crippen molar-refractivity contribution < 1.29 is 4.79 Å². The summed E-state index contributed by atoms with van der Waals surface area (Å²) in [6, 6.07) is 10.2. The molecule has 2 aliphatic heterocycles. The Balaban J connectivity index is 0.00000196. The lowest BCUT2D eigenvalue weighted by Gasteiger charge is -2.35. The van der Waals surface area contributed by atoms with E-state index in [2.05, 4.69) is 33.4 Å². The van der Waals surface area contributed by atoms with Gasteiger partial charge in [0.05, 0.1) is 0 Å². The maximum Gasteiger partial charge on any atom is 0.254 e. The van der Waals surface area contributed by atoms with E-state index in [1.165, 1.54) is 11.1 Å². The molecule has 0 atom stereocenters. The first-order valence-corrected chi connectivity index (χ1v) is 9.07. The summed E-state index contributed by atoms with van der Waals surface area (Å²) in [4.78, 5) is 21.5. The van der Waals surface area contributed by atoms with Crippen molar-refractivity contribution in [2.24, 2.45) is 0 Å². The maximum atomic E-state index is 13.0. The normalized spacial score (nSPS) is 17.0. The number of piperazine rings is 1. The number of aromatic nitrogens is 1. The molecule has 1 fully saturated rings. The third-order valence-electron chi connectivity index (χ3n) is 5.14. The van der Waals surface area contributed by atoms with Gasteiger partial charge < -0.3 is 10.2 Å². The van der Waals surface area contributed by atoms with Gasteiger partial charge in [-0.2, -0.15) is 0 Å². The Labute approximate surface area is 160 Å². The summed E-state index contributed by atoms with van der Waals surface area (Å²) in [6.07, 6.45) is 5.76. The van der Waals surface area contributed by atoms with Gasteiger partial charge in [-0.1, -0.05) is 6.07 Å². The molecule has 0 spiro atoms. The number of carbonyl (C=O) groups excluding carboxylic acids is 1. The van der Waals surface area contributed by atoms with E-state index in [1.807, 2.05) is 29.4 Å². The Bertz CT molecular complexity index is 745. The number of nitrogens with one attached hydrogen (secondary N) is 1. The summed E-state index contributed by atoms with van der Waals surface area (Å²) in [7, 11) is 0. The molecule has 1 aromatic heterocycles. The lowest BCUT2D eigenvalue weighted by atomic mass is 9.96. The van der Waals surface area contributed by atoms with E-state index in [4.69, 9.17) is 0 Å². The Kier molecular flexibility index (Phi) is 6.12. The van der Waals surface area contributed by atoms with E-state index < -0.39 is 0 Å². The molecule has 0 bridgehead atoms. The number of rotatable bonds is 3. The van der Waals surface area contributed by atoms with E-state index >= 15 is 0 Å². The minimum absolute atomic E-state index is 0. The minimum Gasteiger partial charge on any atom is -0.385 e. The second-order valence-corrected chi connectivity index (χ2v) is 6.79. The Morgan fingerprint density at radius 1 is 1.08 bits per heavy atom. The molecule has 2 aromatic rings. The molecule has 3 heterocycles. The molecule has 0 unspecified atom stereocenters. The molecule has 1 aromatic carbocycles. The van der Waals surface area contributed by atoms with Gasteiger partial charge in [0, 0.05) is 62.9 Å². The zero-order chi connectivity index (χ0) is 17.1. The highest BCUT2D eigenvalue weighted by atomic mass is 35.5. The molecule has 4 rings (SSSR count). The summed E-state index contributed by atoms with van der Waals surface area (Å²) in [5, 5.41) is 3.41. The van der Waals surface area contributed by atoms with Gasteiger partial charge in [-0.05, 0) is 48.2 Å². The molecule has 5 nitrogen and oxygen atoms in total. The van der Waals surface area contributed by atoms with Crippen molar-refractivity contribution in [1.82, 2.24) is 14.8 Å². The van der Waals surface area contributed by atoms with Crippen LogP contribution in [-0.4, -0.2) is 53.4 Å². The van der Waals surface area contributed by atoms with Crippen LogP contribution in [0.3, 0.4) is 0 Å². The highest BCUT2D eigenvalue weighted by Gasteiger charge is 2.25. The van der Waals surface area contributed by atoms with E-state index in [9.17, 15) is 4.79 Å². The highest BCUT2D eigenvalue weighted by Crippen LogP contribution is 2.26. The van der Waals surface area contributed by atoms with Crippen LogP contribution in [0, 0.1) is 0 Å². The largest absolute Gasteiger partial charge is 0.385 e. The number of halogens is 1. The van der Waals surface area contributed by atoms with Crippen molar-refractivity contribution in [3.63, 3.8) is 0 Å². The average Bonchev–Trinajstić information content (AvgIpc) is 2.68. The summed E-state index contributed by atoms with van der Waals surface area (Å²) >= 11 is 0. The van der Waals surface area contributed by atoms with Crippen molar-refractivity contribution in [2.45, 2.75) is 19.4 Å². The van der Waals surface area contributed by atoms with Crippen molar-refractivity contribution in [2.75, 3.05) is 38.0 Å². The smallest absolute Gasteiger partial charge is 0.254 e. The molecule has 1 saturated heterocycles. The molecule has 2 aliphatic rings. The fourth-order valence-electron chi connectivity index (χ4n) is 3.74. The fraction of sp³-hybridized carbons (Fsp3) is 0.400.